The number of aromatic nitrogens is 1. The van der Waals surface area contributed by atoms with E-state index in [1.54, 1.807) is 19.2 Å². The molecule has 1 saturated heterocycles. The molecular formula is C20H27N3O2S. The molecule has 1 aliphatic rings. The Labute approximate surface area is 159 Å². The molecular weight excluding hydrogens is 346 g/mol. The highest BCUT2D eigenvalue weighted by Gasteiger charge is 2.22. The summed E-state index contributed by atoms with van der Waals surface area (Å²) in [5.41, 5.74) is 2.60. The molecule has 2 atom stereocenters. The highest BCUT2D eigenvalue weighted by Crippen LogP contribution is 2.25. The fourth-order valence-corrected chi connectivity index (χ4v) is 4.41. The van der Waals surface area contributed by atoms with E-state index in [0.717, 1.165) is 42.7 Å². The van der Waals surface area contributed by atoms with Crippen LogP contribution in [0.5, 0.6) is 5.75 Å². The minimum atomic E-state index is -0.163. The van der Waals surface area contributed by atoms with Crippen molar-refractivity contribution >= 4 is 22.4 Å². The van der Waals surface area contributed by atoms with E-state index in [2.05, 4.69) is 29.0 Å². The fourth-order valence-electron chi connectivity index (χ4n) is 3.72. The zero-order valence-electron chi connectivity index (χ0n) is 15.9. The van der Waals surface area contributed by atoms with Crippen LogP contribution in [0, 0.1) is 18.8 Å². The normalized spacial score (nSPS) is 20.8. The van der Waals surface area contributed by atoms with Gasteiger partial charge in [0.05, 0.1) is 12.8 Å². The van der Waals surface area contributed by atoms with E-state index in [1.165, 1.54) is 17.8 Å². The third kappa shape index (κ3) is 4.62. The lowest BCUT2D eigenvalue weighted by Crippen LogP contribution is -2.38. The number of carbonyl (C=O) groups is 1. The number of hydrogen-bond acceptors (Lipinski definition) is 5. The smallest absolute Gasteiger partial charge is 0.257 e. The van der Waals surface area contributed by atoms with E-state index < -0.39 is 0 Å². The van der Waals surface area contributed by atoms with Crippen molar-refractivity contribution in [3.05, 3.63) is 40.4 Å². The third-order valence-electron chi connectivity index (χ3n) is 4.77. The minimum absolute atomic E-state index is 0.163. The molecule has 2 unspecified atom stereocenters. The molecule has 1 aromatic heterocycles. The van der Waals surface area contributed by atoms with Crippen molar-refractivity contribution in [2.75, 3.05) is 25.5 Å². The van der Waals surface area contributed by atoms with Crippen molar-refractivity contribution in [3.8, 4) is 5.75 Å². The molecule has 0 radical (unpaired) electrons. The first-order chi connectivity index (χ1) is 12.4. The number of thiazole rings is 1. The minimum Gasteiger partial charge on any atom is -0.496 e. The molecule has 0 aliphatic carbocycles. The van der Waals surface area contributed by atoms with E-state index in [1.807, 2.05) is 18.4 Å². The number of nitrogens with zero attached hydrogens (tertiary/aromatic N) is 2. The standard InChI is InChI=1S/C20H27N3O2S/c1-13-7-14(2)10-23(9-13)11-17-12-26-20(21-17)22-19(24)16-6-5-15(3)18(8-16)25-4/h5-6,8,12-14H,7,9-11H2,1-4H3,(H,21,22,24). The molecule has 0 bridgehead atoms. The lowest BCUT2D eigenvalue weighted by atomic mass is 9.92. The number of benzene rings is 1. The maximum atomic E-state index is 12.5. The van der Waals surface area contributed by atoms with Crippen LogP contribution in [0.2, 0.25) is 0 Å². The van der Waals surface area contributed by atoms with Gasteiger partial charge in [0.1, 0.15) is 5.75 Å². The van der Waals surface area contributed by atoms with Crippen molar-refractivity contribution in [1.29, 1.82) is 0 Å². The molecule has 1 aromatic carbocycles. The second kappa shape index (κ2) is 8.18. The zero-order valence-corrected chi connectivity index (χ0v) is 16.7. The van der Waals surface area contributed by atoms with Crippen LogP contribution in [0.15, 0.2) is 23.6 Å². The molecule has 26 heavy (non-hydrogen) atoms. The lowest BCUT2D eigenvalue weighted by Gasteiger charge is -2.34. The molecule has 2 heterocycles. The van der Waals surface area contributed by atoms with E-state index in [9.17, 15) is 4.79 Å². The number of likely N-dealkylation sites (tertiary alicyclic amines) is 1. The Hall–Kier alpha value is -1.92. The van der Waals surface area contributed by atoms with Gasteiger partial charge >= 0.3 is 0 Å². The number of piperidine rings is 1. The monoisotopic (exact) mass is 373 g/mol. The predicted octanol–water partition coefficient (Wildman–Crippen LogP) is 4.19. The largest absolute Gasteiger partial charge is 0.496 e. The van der Waals surface area contributed by atoms with E-state index in [-0.39, 0.29) is 5.91 Å². The van der Waals surface area contributed by atoms with Gasteiger partial charge in [-0.05, 0) is 42.9 Å². The highest BCUT2D eigenvalue weighted by atomic mass is 32.1. The Balaban J connectivity index is 1.62. The maximum absolute atomic E-state index is 12.5. The first kappa shape index (κ1) is 18.9. The molecule has 1 N–H and O–H groups in total. The van der Waals surface area contributed by atoms with Gasteiger partial charge < -0.3 is 4.74 Å². The second-order valence-corrected chi connectivity index (χ2v) is 8.28. The van der Waals surface area contributed by atoms with Crippen molar-refractivity contribution in [2.45, 2.75) is 33.7 Å². The van der Waals surface area contributed by atoms with Crippen LogP contribution in [0.25, 0.3) is 0 Å². The molecule has 5 nitrogen and oxygen atoms in total. The summed E-state index contributed by atoms with van der Waals surface area (Å²) in [5.74, 6) is 2.01. The number of methoxy groups -OCH3 is 1. The number of aryl methyl sites for hydroxylation is 1. The molecule has 1 amide bonds. The molecule has 6 heteroatoms. The van der Waals surface area contributed by atoms with Crippen LogP contribution in [0.1, 0.15) is 41.9 Å². The summed E-state index contributed by atoms with van der Waals surface area (Å²) >= 11 is 1.47. The number of ether oxygens (including phenoxy) is 1. The van der Waals surface area contributed by atoms with Crippen LogP contribution in [0.4, 0.5) is 5.13 Å². The van der Waals surface area contributed by atoms with Crippen molar-refractivity contribution in [2.24, 2.45) is 11.8 Å². The maximum Gasteiger partial charge on any atom is 0.257 e. The van der Waals surface area contributed by atoms with E-state index in [0.29, 0.717) is 16.4 Å². The van der Waals surface area contributed by atoms with Crippen LogP contribution < -0.4 is 10.1 Å². The molecule has 0 spiro atoms. The Morgan fingerprint density at radius 3 is 2.77 bits per heavy atom. The molecule has 3 rings (SSSR count). The van der Waals surface area contributed by atoms with Gasteiger partial charge in [-0.25, -0.2) is 4.98 Å². The molecule has 1 fully saturated rings. The number of rotatable bonds is 5. The van der Waals surface area contributed by atoms with Gasteiger partial charge in [0.25, 0.3) is 5.91 Å². The van der Waals surface area contributed by atoms with Crippen LogP contribution in [-0.2, 0) is 6.54 Å². The van der Waals surface area contributed by atoms with Gasteiger partial charge in [0, 0.05) is 30.6 Å². The Morgan fingerprint density at radius 2 is 2.08 bits per heavy atom. The van der Waals surface area contributed by atoms with Gasteiger partial charge in [-0.2, -0.15) is 0 Å². The SMILES string of the molecule is COc1cc(C(=O)Nc2nc(CN3CC(C)CC(C)C3)cs2)ccc1C. The molecule has 1 aliphatic heterocycles. The summed E-state index contributed by atoms with van der Waals surface area (Å²) in [6.07, 6.45) is 1.30. The summed E-state index contributed by atoms with van der Waals surface area (Å²) in [6, 6.07) is 5.45. The number of anilines is 1. The van der Waals surface area contributed by atoms with Crippen molar-refractivity contribution in [3.63, 3.8) is 0 Å². The lowest BCUT2D eigenvalue weighted by molar-refractivity contribution is 0.102. The Bertz CT molecular complexity index is 764. The molecule has 140 valence electrons. The van der Waals surface area contributed by atoms with Gasteiger partial charge in [-0.1, -0.05) is 19.9 Å². The van der Waals surface area contributed by atoms with Gasteiger partial charge in [0.2, 0.25) is 0 Å². The summed E-state index contributed by atoms with van der Waals surface area (Å²) in [4.78, 5) is 19.5. The summed E-state index contributed by atoms with van der Waals surface area (Å²) in [7, 11) is 1.61. The Morgan fingerprint density at radius 1 is 1.35 bits per heavy atom. The first-order valence-electron chi connectivity index (χ1n) is 9.07. The zero-order chi connectivity index (χ0) is 18.7. The average Bonchev–Trinajstić information content (AvgIpc) is 3.01. The number of hydrogen-bond donors (Lipinski definition) is 1. The summed E-state index contributed by atoms with van der Waals surface area (Å²) in [6.45, 7) is 9.66. The number of nitrogens with one attached hydrogen (secondary N) is 1. The van der Waals surface area contributed by atoms with E-state index >= 15 is 0 Å². The number of amides is 1. The summed E-state index contributed by atoms with van der Waals surface area (Å²) in [5, 5.41) is 5.58. The van der Waals surface area contributed by atoms with Crippen molar-refractivity contribution < 1.29 is 9.53 Å². The molecule has 0 saturated carbocycles. The average molecular weight is 374 g/mol. The fraction of sp³-hybridized carbons (Fsp3) is 0.500. The topological polar surface area (TPSA) is 54.5 Å². The first-order valence-corrected chi connectivity index (χ1v) is 9.95. The quantitative estimate of drug-likeness (QED) is 0.854. The third-order valence-corrected chi connectivity index (χ3v) is 5.58. The Kier molecular flexibility index (Phi) is 5.94. The number of carbonyl (C=O) groups excluding carboxylic acids is 1. The van der Waals surface area contributed by atoms with Crippen LogP contribution >= 0.6 is 11.3 Å². The predicted molar refractivity (Wildman–Crippen MR) is 106 cm³/mol. The highest BCUT2D eigenvalue weighted by molar-refractivity contribution is 7.13. The second-order valence-electron chi connectivity index (χ2n) is 7.42. The van der Waals surface area contributed by atoms with Crippen LogP contribution in [-0.4, -0.2) is 36.0 Å². The van der Waals surface area contributed by atoms with Gasteiger partial charge in [0.15, 0.2) is 5.13 Å². The molecule has 2 aromatic rings. The van der Waals surface area contributed by atoms with Crippen LogP contribution in [0.3, 0.4) is 0 Å². The summed E-state index contributed by atoms with van der Waals surface area (Å²) < 4.78 is 5.29. The van der Waals surface area contributed by atoms with Crippen molar-refractivity contribution in [1.82, 2.24) is 9.88 Å². The van der Waals surface area contributed by atoms with Gasteiger partial charge in [-0.15, -0.1) is 11.3 Å². The van der Waals surface area contributed by atoms with Gasteiger partial charge in [-0.3, -0.25) is 15.0 Å². The van der Waals surface area contributed by atoms with E-state index in [4.69, 9.17) is 4.74 Å².